The van der Waals surface area contributed by atoms with Crippen LogP contribution in [0.4, 0.5) is 0 Å². The summed E-state index contributed by atoms with van der Waals surface area (Å²) >= 11 is 0. The molecule has 4 atom stereocenters. The van der Waals surface area contributed by atoms with E-state index in [0.717, 1.165) is 36.8 Å². The Kier molecular flexibility index (Phi) is 12.7. The van der Waals surface area contributed by atoms with Crippen LogP contribution in [-0.2, 0) is 41.5 Å². The van der Waals surface area contributed by atoms with Gasteiger partial charge >= 0.3 is 11.9 Å². The maximum atomic E-state index is 13.8. The third-order valence-electron chi connectivity index (χ3n) is 11.0. The third-order valence-corrected chi connectivity index (χ3v) is 11.0. The topological polar surface area (TPSA) is 170 Å². The highest BCUT2D eigenvalue weighted by Crippen LogP contribution is 2.59. The molecule has 0 bridgehead atoms. The fourth-order valence-corrected chi connectivity index (χ4v) is 7.83. The minimum absolute atomic E-state index is 0.0410. The van der Waals surface area contributed by atoms with E-state index >= 15 is 0 Å². The second-order valence-electron chi connectivity index (χ2n) is 17.0. The van der Waals surface area contributed by atoms with Gasteiger partial charge in [-0.3, -0.25) is 14.4 Å². The molecule has 0 aromatic heterocycles. The van der Waals surface area contributed by atoms with Gasteiger partial charge in [0.25, 0.3) is 5.91 Å². The lowest BCUT2D eigenvalue weighted by atomic mass is 9.91. The molecule has 2 saturated carbocycles. The van der Waals surface area contributed by atoms with Crippen molar-refractivity contribution in [2.45, 2.75) is 114 Å². The minimum atomic E-state index is -0.778. The number of carbonyl (C=O) groups is 4. The monoisotopic (exact) mass is 806 g/mol. The second kappa shape index (κ2) is 17.9. The number of allylic oxidation sites excluding steroid dienone is 1. The van der Waals surface area contributed by atoms with Crippen LogP contribution in [0, 0.1) is 11.8 Å². The van der Waals surface area contributed by atoms with Crippen LogP contribution in [0.5, 0.6) is 5.75 Å². The van der Waals surface area contributed by atoms with Gasteiger partial charge in [0.05, 0.1) is 18.2 Å². The molecule has 3 aromatic carbocycles. The largest absolute Gasteiger partial charge is 0.508 e. The lowest BCUT2D eigenvalue weighted by Gasteiger charge is -2.31. The molecule has 0 spiro atoms. The number of amides is 2. The molecular weight excluding hydrogens is 753 g/mol. The van der Waals surface area contributed by atoms with Gasteiger partial charge in [0.2, 0.25) is 5.91 Å². The number of para-hydroxylation sites is 1. The van der Waals surface area contributed by atoms with Crippen LogP contribution >= 0.6 is 0 Å². The van der Waals surface area contributed by atoms with Gasteiger partial charge in [0.1, 0.15) is 29.7 Å². The van der Waals surface area contributed by atoms with E-state index in [1.807, 2.05) is 36.4 Å². The van der Waals surface area contributed by atoms with E-state index in [0.29, 0.717) is 28.7 Å². The van der Waals surface area contributed by atoms with E-state index in [1.54, 1.807) is 75.4 Å². The van der Waals surface area contributed by atoms with E-state index in [9.17, 15) is 29.4 Å². The van der Waals surface area contributed by atoms with Crippen molar-refractivity contribution in [1.29, 1.82) is 0 Å². The smallest absolute Gasteiger partial charge is 0.338 e. The Hall–Kier alpha value is -5.30. The molecule has 1 saturated heterocycles. The first-order valence-corrected chi connectivity index (χ1v) is 20.6. The molecule has 12 nitrogen and oxygen atoms in total. The van der Waals surface area contributed by atoms with Gasteiger partial charge in [-0.05, 0) is 112 Å². The number of phenolic OH excluding ortho intramolecular Hbond substituents is 1. The zero-order valence-electron chi connectivity index (χ0n) is 33.9. The molecule has 0 radical (unpaired) electrons. The molecule has 1 heterocycles. The van der Waals surface area contributed by atoms with Crippen molar-refractivity contribution < 1.29 is 48.3 Å². The molecule has 7 rings (SSSR count). The molecule has 59 heavy (non-hydrogen) atoms. The van der Waals surface area contributed by atoms with E-state index in [-0.39, 0.29) is 55.9 Å². The van der Waals surface area contributed by atoms with Crippen molar-refractivity contribution in [2.24, 2.45) is 11.8 Å². The molecule has 2 amide bonds. The van der Waals surface area contributed by atoms with Crippen molar-refractivity contribution in [2.75, 3.05) is 6.61 Å². The zero-order valence-corrected chi connectivity index (χ0v) is 33.9. The van der Waals surface area contributed by atoms with Crippen LogP contribution < -0.4 is 10.6 Å². The van der Waals surface area contributed by atoms with Gasteiger partial charge in [0.15, 0.2) is 5.79 Å². The summed E-state index contributed by atoms with van der Waals surface area (Å²) in [6.07, 6.45) is 8.63. The summed E-state index contributed by atoms with van der Waals surface area (Å²) in [6.45, 7) is 5.10. The summed E-state index contributed by atoms with van der Waals surface area (Å²) in [5, 5.41) is 25.7. The fourth-order valence-electron chi connectivity index (χ4n) is 7.83. The Morgan fingerprint density at radius 1 is 0.915 bits per heavy atom. The van der Waals surface area contributed by atoms with Crippen LogP contribution in [0.2, 0.25) is 0 Å². The Bertz CT molecular complexity index is 2080. The summed E-state index contributed by atoms with van der Waals surface area (Å²) in [4.78, 5) is 52.9. The highest BCUT2D eigenvalue weighted by atomic mass is 16.8. The van der Waals surface area contributed by atoms with Crippen LogP contribution in [0.3, 0.4) is 0 Å². The second-order valence-corrected chi connectivity index (χ2v) is 17.0. The highest BCUT2D eigenvalue weighted by molar-refractivity contribution is 5.95. The van der Waals surface area contributed by atoms with Crippen molar-refractivity contribution in [3.05, 3.63) is 118 Å². The molecule has 3 aromatic rings. The number of carbonyl (C=O) groups excluding carboxylic acids is 4. The Morgan fingerprint density at radius 2 is 1.64 bits per heavy atom. The molecule has 3 aliphatic carbocycles. The van der Waals surface area contributed by atoms with Crippen LogP contribution in [0.1, 0.15) is 103 Å². The van der Waals surface area contributed by atoms with Gasteiger partial charge in [-0.25, -0.2) is 4.79 Å². The Balaban J connectivity index is 1.000. The number of esters is 2. The van der Waals surface area contributed by atoms with Crippen molar-refractivity contribution in [3.8, 4) is 5.75 Å². The van der Waals surface area contributed by atoms with Crippen LogP contribution in [0.15, 0.2) is 90.5 Å². The number of benzene rings is 3. The van der Waals surface area contributed by atoms with Gasteiger partial charge in [-0.15, -0.1) is 0 Å². The predicted octanol–water partition coefficient (Wildman–Crippen LogP) is 6.33. The number of ether oxygens (including phenoxy) is 4. The average molecular weight is 807 g/mol. The summed E-state index contributed by atoms with van der Waals surface area (Å²) in [7, 11) is 0. The number of rotatable bonds is 16. The quantitative estimate of drug-likeness (QED) is 0.120. The third kappa shape index (κ3) is 10.7. The normalized spacial score (nSPS) is 21.6. The van der Waals surface area contributed by atoms with E-state index < -0.39 is 53.6 Å². The first kappa shape index (κ1) is 41.8. The molecule has 12 heteroatoms. The number of nitrogens with one attached hydrogen (secondary N) is 2. The number of fused-ring (bicyclic) bond motifs is 1. The zero-order chi connectivity index (χ0) is 41.7. The summed E-state index contributed by atoms with van der Waals surface area (Å²) in [5.41, 5.74) is 2.75. The molecule has 4 N–H and O–H groups in total. The summed E-state index contributed by atoms with van der Waals surface area (Å²) < 4.78 is 25.0. The van der Waals surface area contributed by atoms with E-state index in [2.05, 4.69) is 10.6 Å². The molecular formula is C47H54N2O10. The van der Waals surface area contributed by atoms with E-state index in [1.165, 1.54) is 0 Å². The van der Waals surface area contributed by atoms with Crippen molar-refractivity contribution in [3.63, 3.8) is 0 Å². The Labute approximate surface area is 345 Å². The molecule has 312 valence electrons. The maximum Gasteiger partial charge on any atom is 0.338 e. The predicted molar refractivity (Wildman–Crippen MR) is 219 cm³/mol. The first-order chi connectivity index (χ1) is 28.3. The highest BCUT2D eigenvalue weighted by Gasteiger charge is 2.64. The van der Waals surface area contributed by atoms with Crippen LogP contribution in [-0.4, -0.2) is 76.3 Å². The van der Waals surface area contributed by atoms with E-state index in [4.69, 9.17) is 18.9 Å². The van der Waals surface area contributed by atoms with Gasteiger partial charge in [0, 0.05) is 42.4 Å². The maximum absolute atomic E-state index is 13.8. The fraction of sp³-hybridized carbons (Fsp3) is 0.447. The van der Waals surface area contributed by atoms with Crippen LogP contribution in [0.25, 0.3) is 6.08 Å². The molecule has 4 unspecified atom stereocenters. The summed E-state index contributed by atoms with van der Waals surface area (Å²) in [6, 6.07) is 20.4. The number of aromatic hydroxyl groups is 1. The van der Waals surface area contributed by atoms with Gasteiger partial charge in [-0.1, -0.05) is 54.6 Å². The van der Waals surface area contributed by atoms with Gasteiger partial charge < -0.3 is 39.8 Å². The van der Waals surface area contributed by atoms with Crippen molar-refractivity contribution >= 4 is 29.8 Å². The number of hydrogen-bond acceptors (Lipinski definition) is 10. The first-order valence-electron chi connectivity index (χ1n) is 20.6. The average Bonchev–Trinajstić information content (AvgIpc) is 4.16. The minimum Gasteiger partial charge on any atom is -0.508 e. The molecule has 1 aliphatic heterocycles. The summed E-state index contributed by atoms with van der Waals surface area (Å²) in [5.74, 6) is -1.70. The standard InChI is InChI=1S/C47H54N2O10/c1-46(2,3)58-41(52)22-21-37(28-50)49-44(54)32-14-8-11-30(24-32)27-48-43(53)34-25-39(42-40(26-34)57-47(59-42,35-17-18-35)36-19-20-36)56-45(55)33-15-7-10-29(23-33)9-6-13-31-12-4-5-16-38(31)51/h4-12,14-16,23-24,26,35-37,39-40,42,50-51H,13,17-22,25,27-28H2,1-3H3,(H,48,53)(H,49,54). The SMILES string of the molecule is CC(C)(C)OC(=O)CCC(CO)NC(=O)c1cccc(CNC(=O)C2=CC3OC(C4CC4)(C4CC4)OC3C(OC(=O)c3cccc(C=CCc4ccccc4O)c3)C2)c1. The van der Waals surface area contributed by atoms with Gasteiger partial charge in [-0.2, -0.15) is 0 Å². The number of hydrogen-bond donors (Lipinski definition) is 4. The lowest BCUT2D eigenvalue weighted by molar-refractivity contribution is -0.209. The molecule has 4 aliphatic rings. The van der Waals surface area contributed by atoms with Crippen molar-refractivity contribution in [1.82, 2.24) is 10.6 Å². The molecule has 3 fully saturated rings. The number of aliphatic hydroxyl groups is 1. The lowest BCUT2D eigenvalue weighted by Crippen LogP contribution is -2.44. The number of aliphatic hydroxyl groups excluding tert-OH is 1. The Morgan fingerprint density at radius 3 is 2.36 bits per heavy atom. The number of phenols is 1.